The van der Waals surface area contributed by atoms with Crippen LogP contribution in [0.15, 0.2) is 47.5 Å². The Morgan fingerprint density at radius 3 is 2.50 bits per heavy atom. The zero-order valence-electron chi connectivity index (χ0n) is 20.7. The Bertz CT molecular complexity index is 1840. The van der Waals surface area contributed by atoms with Gasteiger partial charge in [-0.25, -0.2) is 19.4 Å². The fourth-order valence-electron chi connectivity index (χ4n) is 4.35. The molecule has 3 heterocycles. The maximum absolute atomic E-state index is 14.4. The van der Waals surface area contributed by atoms with Gasteiger partial charge in [0.1, 0.15) is 16.7 Å². The van der Waals surface area contributed by atoms with Crippen LogP contribution in [0.25, 0.3) is 20.4 Å². The van der Waals surface area contributed by atoms with E-state index >= 15 is 0 Å². The molecule has 3 aromatic carbocycles. The summed E-state index contributed by atoms with van der Waals surface area (Å²) in [4.78, 5) is 26.0. The molecule has 9 nitrogen and oxygen atoms in total. The van der Waals surface area contributed by atoms with Crippen LogP contribution in [0.5, 0.6) is 0 Å². The highest BCUT2D eigenvalue weighted by molar-refractivity contribution is 7.23. The average molecular weight is 620 g/mol. The normalized spacial score (nSPS) is 16.3. The molecule has 0 aliphatic carbocycles. The van der Waals surface area contributed by atoms with Gasteiger partial charge >= 0.3 is 5.69 Å². The fourth-order valence-corrected chi connectivity index (χ4v) is 6.81. The van der Waals surface area contributed by atoms with Gasteiger partial charge in [0.15, 0.2) is 0 Å². The second-order valence-electron chi connectivity index (χ2n) is 9.08. The minimum atomic E-state index is -1.11. The van der Waals surface area contributed by atoms with Crippen LogP contribution in [0.3, 0.4) is 0 Å². The molecule has 5 aromatic rings. The number of halogens is 4. The van der Waals surface area contributed by atoms with Crippen molar-refractivity contribution in [2.45, 2.75) is 12.5 Å². The number of fused-ring (bicyclic) bond motifs is 2. The van der Waals surface area contributed by atoms with Gasteiger partial charge in [-0.3, -0.25) is 20.5 Å². The predicted molar refractivity (Wildman–Crippen MR) is 157 cm³/mol. The predicted octanol–water partition coefficient (Wildman–Crippen LogP) is 7.65. The molecule has 2 aromatic heterocycles. The Morgan fingerprint density at radius 1 is 1.07 bits per heavy atom. The first-order valence-electron chi connectivity index (χ1n) is 11.7. The Labute approximate surface area is 243 Å². The van der Waals surface area contributed by atoms with Crippen LogP contribution in [0.1, 0.15) is 18.0 Å². The van der Waals surface area contributed by atoms with Crippen LogP contribution in [-0.2, 0) is 0 Å². The molecule has 0 saturated carbocycles. The summed E-state index contributed by atoms with van der Waals surface area (Å²) in [7, 11) is 3.91. The smallest absolute Gasteiger partial charge is 0.308 e. The molecule has 204 valence electrons. The molecule has 1 N–H and O–H groups in total. The van der Waals surface area contributed by atoms with Crippen molar-refractivity contribution in [3.8, 4) is 0 Å². The maximum Gasteiger partial charge on any atom is 0.308 e. The Balaban J connectivity index is 1.41. The van der Waals surface area contributed by atoms with E-state index in [0.29, 0.717) is 27.6 Å². The SMILES string of the molecule is CN(C)c1ccc(C2C/C(=N/c3nc4cc([N+](=O)[O-])c(F)c(Cl)c4s3)NN2c2nc3ccc(F)c(Cl)c3s2)cc1. The topological polar surface area (TPSA) is 99.8 Å². The second-order valence-corrected chi connectivity index (χ2v) is 11.8. The number of aliphatic imine (C=N–C) groups is 1. The van der Waals surface area contributed by atoms with Crippen molar-refractivity contribution in [1.82, 2.24) is 15.4 Å². The zero-order chi connectivity index (χ0) is 28.3. The van der Waals surface area contributed by atoms with Gasteiger partial charge in [-0.15, -0.1) is 0 Å². The second kappa shape index (κ2) is 10.1. The van der Waals surface area contributed by atoms with E-state index in [1.54, 1.807) is 6.07 Å². The maximum atomic E-state index is 14.4. The number of hydrogen-bond donors (Lipinski definition) is 1. The number of hydrogen-bond acceptors (Lipinski definition) is 9. The third-order valence-corrected chi connectivity index (χ3v) is 9.37. The molecule has 0 amide bonds. The van der Waals surface area contributed by atoms with Crippen molar-refractivity contribution in [1.29, 1.82) is 0 Å². The summed E-state index contributed by atoms with van der Waals surface area (Å²) in [6.07, 6.45) is 0.428. The van der Waals surface area contributed by atoms with E-state index in [-0.39, 0.29) is 31.4 Å². The number of rotatable bonds is 5. The summed E-state index contributed by atoms with van der Waals surface area (Å²) < 4.78 is 29.3. The van der Waals surface area contributed by atoms with E-state index in [0.717, 1.165) is 28.7 Å². The molecule has 1 saturated heterocycles. The van der Waals surface area contributed by atoms with Gasteiger partial charge in [0.25, 0.3) is 0 Å². The van der Waals surface area contributed by atoms with Crippen LogP contribution in [0.2, 0.25) is 10.0 Å². The van der Waals surface area contributed by atoms with Gasteiger partial charge in [-0.2, -0.15) is 4.39 Å². The lowest BCUT2D eigenvalue weighted by atomic mass is 10.0. The van der Waals surface area contributed by atoms with E-state index in [9.17, 15) is 18.9 Å². The molecule has 0 bridgehead atoms. The molecule has 1 fully saturated rings. The third kappa shape index (κ3) is 4.58. The lowest BCUT2D eigenvalue weighted by Gasteiger charge is -2.23. The minimum absolute atomic E-state index is 0.00824. The number of nitro benzene ring substituents is 1. The van der Waals surface area contributed by atoms with Crippen molar-refractivity contribution >= 4 is 93.8 Å². The molecule has 1 unspecified atom stereocenters. The Hall–Kier alpha value is -3.65. The van der Waals surface area contributed by atoms with Gasteiger partial charge in [-0.05, 0) is 29.8 Å². The van der Waals surface area contributed by atoms with E-state index < -0.39 is 22.2 Å². The summed E-state index contributed by atoms with van der Waals surface area (Å²) in [6.45, 7) is 0. The molecule has 0 radical (unpaired) electrons. The van der Waals surface area contributed by atoms with Crippen molar-refractivity contribution in [2.75, 3.05) is 24.0 Å². The van der Waals surface area contributed by atoms with Gasteiger partial charge < -0.3 is 4.90 Å². The largest absolute Gasteiger partial charge is 0.378 e. The molecule has 1 atom stereocenters. The summed E-state index contributed by atoms with van der Waals surface area (Å²) in [5.74, 6) is -1.11. The molecule has 0 spiro atoms. The number of benzene rings is 3. The monoisotopic (exact) mass is 619 g/mol. The number of amidine groups is 1. The van der Waals surface area contributed by atoms with E-state index in [1.165, 1.54) is 17.4 Å². The van der Waals surface area contributed by atoms with Crippen LogP contribution >= 0.6 is 45.9 Å². The van der Waals surface area contributed by atoms with E-state index in [4.69, 9.17) is 23.2 Å². The quantitative estimate of drug-likeness (QED) is 0.159. The van der Waals surface area contributed by atoms with Crippen LogP contribution < -0.4 is 15.3 Å². The molecular formula is C25H17Cl2F2N7O2S2. The Morgan fingerprint density at radius 2 is 1.80 bits per heavy atom. The number of hydrazine groups is 1. The molecule has 15 heteroatoms. The number of nitrogens with zero attached hydrogens (tertiary/aromatic N) is 6. The van der Waals surface area contributed by atoms with E-state index in [2.05, 4.69) is 20.4 Å². The van der Waals surface area contributed by atoms with Crippen molar-refractivity contribution in [3.63, 3.8) is 0 Å². The molecule has 6 rings (SSSR count). The highest BCUT2D eigenvalue weighted by Gasteiger charge is 2.33. The first kappa shape index (κ1) is 26.6. The number of nitro groups is 1. The minimum Gasteiger partial charge on any atom is -0.378 e. The van der Waals surface area contributed by atoms with Crippen molar-refractivity contribution in [2.24, 2.45) is 4.99 Å². The van der Waals surface area contributed by atoms with Gasteiger partial charge in [0.05, 0.1) is 36.4 Å². The molecule has 40 heavy (non-hydrogen) atoms. The van der Waals surface area contributed by atoms with E-state index in [1.807, 2.05) is 48.3 Å². The number of thiazole rings is 2. The highest BCUT2D eigenvalue weighted by atomic mass is 35.5. The zero-order valence-corrected chi connectivity index (χ0v) is 23.8. The molecular weight excluding hydrogens is 603 g/mol. The first-order chi connectivity index (χ1) is 19.1. The highest BCUT2D eigenvalue weighted by Crippen LogP contribution is 2.42. The lowest BCUT2D eigenvalue weighted by Crippen LogP contribution is -2.34. The van der Waals surface area contributed by atoms with Crippen LogP contribution in [0.4, 0.5) is 30.4 Å². The average Bonchev–Trinajstić information content (AvgIpc) is 3.65. The first-order valence-corrected chi connectivity index (χ1v) is 14.1. The van der Waals surface area contributed by atoms with Crippen molar-refractivity contribution < 1.29 is 13.7 Å². The number of anilines is 2. The summed E-state index contributed by atoms with van der Waals surface area (Å²) in [5.41, 5.74) is 5.27. The summed E-state index contributed by atoms with van der Waals surface area (Å²) >= 11 is 14.6. The number of nitrogens with one attached hydrogen (secondary N) is 1. The fraction of sp³-hybridized carbons (Fsp3) is 0.160. The van der Waals surface area contributed by atoms with Crippen LogP contribution in [0, 0.1) is 21.7 Å². The Kier molecular flexibility index (Phi) is 6.69. The van der Waals surface area contributed by atoms with Gasteiger partial charge in [-0.1, -0.05) is 58.0 Å². The summed E-state index contributed by atoms with van der Waals surface area (Å²) in [5, 5.41) is 13.5. The van der Waals surface area contributed by atoms with Gasteiger partial charge in [0.2, 0.25) is 16.1 Å². The summed E-state index contributed by atoms with van der Waals surface area (Å²) in [6, 6.07) is 11.7. The number of aromatic nitrogens is 2. The molecule has 1 aliphatic heterocycles. The lowest BCUT2D eigenvalue weighted by molar-refractivity contribution is -0.387. The third-order valence-electron chi connectivity index (χ3n) is 6.35. The van der Waals surface area contributed by atoms with Crippen LogP contribution in [-0.4, -0.2) is 34.8 Å². The molecule has 1 aliphatic rings. The standard InChI is InChI=1S/C25H17Cl2F2N7O2S2/c1-34(2)12-5-3-11(4-6-12)16-10-18(33-35(16)25-31-14-8-7-13(28)19(26)22(14)40-25)32-24-30-15-9-17(36(37)38)21(29)20(27)23(15)39-24/h3-9,16H,10H2,1-2H3,(H,30,32,33). The van der Waals surface area contributed by atoms with Gasteiger partial charge in [0, 0.05) is 32.3 Å². The van der Waals surface area contributed by atoms with Crippen molar-refractivity contribution in [3.05, 3.63) is 79.8 Å².